The lowest BCUT2D eigenvalue weighted by Crippen LogP contribution is -2.51. The molecule has 0 saturated carbocycles. The lowest BCUT2D eigenvalue weighted by Gasteiger charge is -2.29. The van der Waals surface area contributed by atoms with Gasteiger partial charge in [-0.25, -0.2) is 0 Å². The minimum atomic E-state index is -0.164. The lowest BCUT2D eigenvalue weighted by molar-refractivity contribution is -0.124. The summed E-state index contributed by atoms with van der Waals surface area (Å²) in [6, 6.07) is 0. The van der Waals surface area contributed by atoms with E-state index in [1.165, 1.54) is 0 Å². The van der Waals surface area contributed by atoms with E-state index in [4.69, 9.17) is 4.74 Å². The van der Waals surface area contributed by atoms with Gasteiger partial charge in [0.15, 0.2) is 0 Å². The predicted molar refractivity (Wildman–Crippen MR) is 62.2 cm³/mol. The minimum absolute atomic E-state index is 0.123. The van der Waals surface area contributed by atoms with Crippen LogP contribution in [0, 0.1) is 5.92 Å². The summed E-state index contributed by atoms with van der Waals surface area (Å²) < 4.78 is 5.51. The quantitative estimate of drug-likeness (QED) is 0.743. The van der Waals surface area contributed by atoms with Gasteiger partial charge in [0.25, 0.3) is 0 Å². The first-order valence-electron chi connectivity index (χ1n) is 6.23. The molecule has 2 aliphatic rings. The topological polar surface area (TPSA) is 50.4 Å². The van der Waals surface area contributed by atoms with Crippen molar-refractivity contribution in [2.75, 3.05) is 19.7 Å². The first-order chi connectivity index (χ1) is 7.60. The first-order valence-corrected chi connectivity index (χ1v) is 6.23. The Balaban J connectivity index is 1.81. The van der Waals surface area contributed by atoms with Crippen molar-refractivity contribution in [3.63, 3.8) is 0 Å². The van der Waals surface area contributed by atoms with Gasteiger partial charge >= 0.3 is 0 Å². The highest BCUT2D eigenvalue weighted by Crippen LogP contribution is 2.25. The van der Waals surface area contributed by atoms with Crippen LogP contribution in [-0.4, -0.2) is 37.2 Å². The van der Waals surface area contributed by atoms with Gasteiger partial charge in [-0.15, -0.1) is 0 Å². The van der Waals surface area contributed by atoms with E-state index in [1.54, 1.807) is 0 Å². The molecule has 0 aromatic rings. The lowest BCUT2D eigenvalue weighted by atomic mass is 9.93. The number of hydrogen-bond acceptors (Lipinski definition) is 3. The molecule has 2 rings (SSSR count). The van der Waals surface area contributed by atoms with E-state index in [1.807, 2.05) is 6.92 Å². The molecule has 0 aromatic heterocycles. The van der Waals surface area contributed by atoms with Crippen molar-refractivity contribution in [3.8, 4) is 0 Å². The molecule has 2 aliphatic heterocycles. The molecule has 3 atom stereocenters. The molecular weight excluding hydrogens is 204 g/mol. The van der Waals surface area contributed by atoms with Gasteiger partial charge in [0.05, 0.1) is 11.6 Å². The fraction of sp³-hybridized carbons (Fsp3) is 0.917. The van der Waals surface area contributed by atoms with Crippen molar-refractivity contribution < 1.29 is 9.53 Å². The molecule has 2 heterocycles. The van der Waals surface area contributed by atoms with E-state index in [0.717, 1.165) is 32.5 Å². The van der Waals surface area contributed by atoms with Crippen LogP contribution in [0.5, 0.6) is 0 Å². The van der Waals surface area contributed by atoms with E-state index in [2.05, 4.69) is 17.6 Å². The Kier molecular flexibility index (Phi) is 3.50. The van der Waals surface area contributed by atoms with Crippen LogP contribution >= 0.6 is 0 Å². The van der Waals surface area contributed by atoms with Crippen molar-refractivity contribution in [1.29, 1.82) is 0 Å². The fourth-order valence-corrected chi connectivity index (χ4v) is 2.52. The average molecular weight is 226 g/mol. The summed E-state index contributed by atoms with van der Waals surface area (Å²) in [6.07, 6.45) is 2.81. The normalized spacial score (nSPS) is 38.9. The van der Waals surface area contributed by atoms with Crippen LogP contribution < -0.4 is 10.6 Å². The minimum Gasteiger partial charge on any atom is -0.376 e. The molecule has 3 unspecified atom stereocenters. The van der Waals surface area contributed by atoms with Crippen LogP contribution in [0.25, 0.3) is 0 Å². The third kappa shape index (κ3) is 2.55. The smallest absolute Gasteiger partial charge is 0.220 e. The van der Waals surface area contributed by atoms with Gasteiger partial charge in [0.2, 0.25) is 5.91 Å². The summed E-state index contributed by atoms with van der Waals surface area (Å²) in [5.74, 6) is 0.690. The Morgan fingerprint density at radius 3 is 3.00 bits per heavy atom. The maximum Gasteiger partial charge on any atom is 0.220 e. The highest BCUT2D eigenvalue weighted by Gasteiger charge is 2.38. The van der Waals surface area contributed by atoms with Crippen LogP contribution in [0.2, 0.25) is 0 Å². The number of hydrogen-bond donors (Lipinski definition) is 2. The summed E-state index contributed by atoms with van der Waals surface area (Å²) in [5, 5.41) is 6.43. The van der Waals surface area contributed by atoms with Gasteiger partial charge in [-0.1, -0.05) is 0 Å². The Labute approximate surface area is 97.1 Å². The number of ether oxygens (including phenoxy) is 1. The van der Waals surface area contributed by atoms with Crippen LogP contribution in [0.3, 0.4) is 0 Å². The number of carbonyl (C=O) groups excluding carboxylic acids is 1. The fourth-order valence-electron chi connectivity index (χ4n) is 2.52. The first kappa shape index (κ1) is 11.9. The second-order valence-electron chi connectivity index (χ2n) is 5.29. The van der Waals surface area contributed by atoms with Crippen LogP contribution in [0.15, 0.2) is 0 Å². The summed E-state index contributed by atoms with van der Waals surface area (Å²) >= 11 is 0. The van der Waals surface area contributed by atoms with Crippen molar-refractivity contribution in [1.82, 2.24) is 10.6 Å². The van der Waals surface area contributed by atoms with E-state index in [-0.39, 0.29) is 17.6 Å². The van der Waals surface area contributed by atoms with Gasteiger partial charge in [0, 0.05) is 13.0 Å². The molecule has 1 amide bonds. The van der Waals surface area contributed by atoms with E-state index in [9.17, 15) is 4.79 Å². The second-order valence-corrected chi connectivity index (χ2v) is 5.29. The van der Waals surface area contributed by atoms with Crippen molar-refractivity contribution in [3.05, 3.63) is 0 Å². The van der Waals surface area contributed by atoms with Crippen LogP contribution in [0.4, 0.5) is 0 Å². The van der Waals surface area contributed by atoms with Gasteiger partial charge in [-0.3, -0.25) is 4.79 Å². The zero-order chi connectivity index (χ0) is 11.6. The van der Waals surface area contributed by atoms with Crippen LogP contribution in [0.1, 0.15) is 33.1 Å². The summed E-state index contributed by atoms with van der Waals surface area (Å²) in [5.41, 5.74) is -0.164. The third-order valence-corrected chi connectivity index (χ3v) is 3.95. The molecule has 0 aliphatic carbocycles. The molecule has 2 saturated heterocycles. The summed E-state index contributed by atoms with van der Waals surface area (Å²) in [4.78, 5) is 11.9. The SMILES string of the molecule is CC1OCCC1(C)NC(=O)CC1CCNC1. The van der Waals surface area contributed by atoms with E-state index in [0.29, 0.717) is 12.3 Å². The maximum absolute atomic E-state index is 11.9. The number of carbonyl (C=O) groups is 1. The van der Waals surface area contributed by atoms with Crippen molar-refractivity contribution >= 4 is 5.91 Å². The monoisotopic (exact) mass is 226 g/mol. The molecule has 0 spiro atoms. The highest BCUT2D eigenvalue weighted by molar-refractivity contribution is 5.77. The zero-order valence-electron chi connectivity index (χ0n) is 10.2. The van der Waals surface area contributed by atoms with E-state index < -0.39 is 0 Å². The second kappa shape index (κ2) is 4.72. The van der Waals surface area contributed by atoms with Gasteiger partial charge in [0.1, 0.15) is 0 Å². The Hall–Kier alpha value is -0.610. The average Bonchev–Trinajstić information content (AvgIpc) is 2.79. The maximum atomic E-state index is 11.9. The van der Waals surface area contributed by atoms with Crippen molar-refractivity contribution in [2.24, 2.45) is 5.92 Å². The third-order valence-electron chi connectivity index (χ3n) is 3.95. The molecule has 2 N–H and O–H groups in total. The van der Waals surface area contributed by atoms with Gasteiger partial charge < -0.3 is 15.4 Å². The predicted octanol–water partition coefficient (Wildman–Crippen LogP) is 0.670. The molecule has 0 bridgehead atoms. The zero-order valence-corrected chi connectivity index (χ0v) is 10.2. The Morgan fingerprint density at radius 2 is 2.44 bits per heavy atom. The van der Waals surface area contributed by atoms with Gasteiger partial charge in [-0.2, -0.15) is 0 Å². The van der Waals surface area contributed by atoms with Crippen molar-refractivity contribution in [2.45, 2.75) is 44.8 Å². The summed E-state index contributed by atoms with van der Waals surface area (Å²) in [7, 11) is 0. The standard InChI is InChI=1S/C12H22N2O2/c1-9-12(2,4-6-16-9)14-11(15)7-10-3-5-13-8-10/h9-10,13H,3-8H2,1-2H3,(H,14,15). The molecule has 0 aromatic carbocycles. The molecule has 2 fully saturated rings. The molecule has 0 radical (unpaired) electrons. The molecular formula is C12H22N2O2. The number of amides is 1. The molecule has 92 valence electrons. The summed E-state index contributed by atoms with van der Waals surface area (Å²) in [6.45, 7) is 6.90. The van der Waals surface area contributed by atoms with E-state index >= 15 is 0 Å². The number of rotatable bonds is 3. The largest absolute Gasteiger partial charge is 0.376 e. The Bertz CT molecular complexity index is 264. The highest BCUT2D eigenvalue weighted by atomic mass is 16.5. The Morgan fingerprint density at radius 1 is 1.62 bits per heavy atom. The van der Waals surface area contributed by atoms with Gasteiger partial charge in [-0.05, 0) is 45.7 Å². The molecule has 4 nitrogen and oxygen atoms in total. The number of nitrogens with one attached hydrogen (secondary N) is 2. The van der Waals surface area contributed by atoms with Crippen LogP contribution in [-0.2, 0) is 9.53 Å². The molecule has 16 heavy (non-hydrogen) atoms. The molecule has 4 heteroatoms.